The summed E-state index contributed by atoms with van der Waals surface area (Å²) in [7, 11) is 3.68. The van der Waals surface area contributed by atoms with Gasteiger partial charge in [0.2, 0.25) is 0 Å². The van der Waals surface area contributed by atoms with Crippen molar-refractivity contribution in [1.82, 2.24) is 4.98 Å². The van der Waals surface area contributed by atoms with Crippen LogP contribution in [-0.2, 0) is 0 Å². The Morgan fingerprint density at radius 1 is 1.39 bits per heavy atom. The minimum absolute atomic E-state index is 0.242. The van der Waals surface area contributed by atoms with E-state index in [0.717, 1.165) is 22.3 Å². The van der Waals surface area contributed by atoms with E-state index < -0.39 is 0 Å². The molecule has 0 aliphatic rings. The van der Waals surface area contributed by atoms with E-state index in [2.05, 4.69) is 16.8 Å². The van der Waals surface area contributed by atoms with E-state index in [1.807, 2.05) is 37.5 Å². The van der Waals surface area contributed by atoms with E-state index in [9.17, 15) is 0 Å². The largest absolute Gasteiger partial charge is 0.497 e. The topological polar surface area (TPSA) is 25.4 Å². The zero-order chi connectivity index (χ0) is 13.1. The third-order valence-corrected chi connectivity index (χ3v) is 3.62. The van der Waals surface area contributed by atoms with E-state index in [1.54, 1.807) is 7.11 Å². The number of nitrogens with zero attached hydrogens (tertiary/aromatic N) is 2. The van der Waals surface area contributed by atoms with Gasteiger partial charge >= 0.3 is 0 Å². The van der Waals surface area contributed by atoms with Crippen LogP contribution < -0.4 is 9.64 Å². The van der Waals surface area contributed by atoms with Gasteiger partial charge in [-0.15, -0.1) is 11.6 Å². The summed E-state index contributed by atoms with van der Waals surface area (Å²) in [6.45, 7) is 2.08. The Morgan fingerprint density at radius 3 is 2.83 bits per heavy atom. The highest BCUT2D eigenvalue weighted by Gasteiger charge is 2.13. The molecule has 0 amide bonds. The highest BCUT2D eigenvalue weighted by atomic mass is 35.5. The molecule has 96 valence electrons. The number of hydrogen-bond donors (Lipinski definition) is 0. The average molecular weight is 265 g/mol. The van der Waals surface area contributed by atoms with Crippen LogP contribution in [-0.4, -0.2) is 31.1 Å². The average Bonchev–Trinajstić information content (AvgIpc) is 2.44. The molecule has 0 bridgehead atoms. The number of benzene rings is 1. The molecule has 18 heavy (non-hydrogen) atoms. The minimum atomic E-state index is 0.242. The first-order valence-corrected chi connectivity index (χ1v) is 6.42. The summed E-state index contributed by atoms with van der Waals surface area (Å²) in [5, 5.41) is 2.23. The number of aromatic nitrogens is 1. The molecule has 1 heterocycles. The Labute approximate surface area is 112 Å². The van der Waals surface area contributed by atoms with Crippen molar-refractivity contribution in [1.29, 1.82) is 0 Å². The molecule has 1 aromatic heterocycles. The fraction of sp³-hybridized carbons (Fsp3) is 0.357. The Morgan fingerprint density at radius 2 is 2.17 bits per heavy atom. The van der Waals surface area contributed by atoms with Crippen LogP contribution in [0.15, 0.2) is 30.5 Å². The van der Waals surface area contributed by atoms with Gasteiger partial charge in [-0.05, 0) is 36.6 Å². The van der Waals surface area contributed by atoms with E-state index in [0.29, 0.717) is 5.88 Å². The minimum Gasteiger partial charge on any atom is -0.497 e. The summed E-state index contributed by atoms with van der Waals surface area (Å²) >= 11 is 5.91. The van der Waals surface area contributed by atoms with Crippen LogP contribution in [0.3, 0.4) is 0 Å². The fourth-order valence-electron chi connectivity index (χ4n) is 1.86. The van der Waals surface area contributed by atoms with E-state index in [1.165, 1.54) is 0 Å². The second-order valence-electron chi connectivity index (χ2n) is 4.34. The number of alkyl halides is 1. The normalized spacial score (nSPS) is 12.4. The third-order valence-electron chi connectivity index (χ3n) is 3.17. The lowest BCUT2D eigenvalue weighted by Crippen LogP contribution is -2.31. The Kier molecular flexibility index (Phi) is 3.92. The molecule has 4 heteroatoms. The number of methoxy groups -OCH3 is 1. The molecule has 0 aliphatic carbocycles. The maximum atomic E-state index is 5.91. The SMILES string of the molecule is COc1ccc2c(N(C)C(C)CCl)nccc2c1. The summed E-state index contributed by atoms with van der Waals surface area (Å²) in [4.78, 5) is 6.56. The standard InChI is InChI=1S/C14H17ClN2O/c1-10(9-15)17(2)14-13-5-4-12(18-3)8-11(13)6-7-16-14/h4-8,10H,9H2,1-3H3. The molecule has 0 spiro atoms. The second kappa shape index (κ2) is 5.44. The van der Waals surface area contributed by atoms with E-state index in [4.69, 9.17) is 16.3 Å². The predicted octanol–water partition coefficient (Wildman–Crippen LogP) is 3.31. The van der Waals surface area contributed by atoms with Gasteiger partial charge in [0, 0.05) is 30.6 Å². The number of fused-ring (bicyclic) bond motifs is 1. The summed E-state index contributed by atoms with van der Waals surface area (Å²) in [5.74, 6) is 2.38. The molecule has 1 aromatic carbocycles. The van der Waals surface area contributed by atoms with E-state index >= 15 is 0 Å². The van der Waals surface area contributed by atoms with Crippen LogP contribution in [0.25, 0.3) is 10.8 Å². The van der Waals surface area contributed by atoms with Gasteiger partial charge < -0.3 is 9.64 Å². The number of anilines is 1. The van der Waals surface area contributed by atoms with Crippen molar-refractivity contribution in [2.24, 2.45) is 0 Å². The lowest BCUT2D eigenvalue weighted by atomic mass is 10.1. The van der Waals surface area contributed by atoms with Crippen LogP contribution in [0.4, 0.5) is 5.82 Å². The van der Waals surface area contributed by atoms with Gasteiger partial charge in [-0.3, -0.25) is 0 Å². The zero-order valence-corrected chi connectivity index (χ0v) is 11.6. The van der Waals surface area contributed by atoms with Crippen LogP contribution >= 0.6 is 11.6 Å². The van der Waals surface area contributed by atoms with Crippen molar-refractivity contribution in [2.75, 3.05) is 24.9 Å². The van der Waals surface area contributed by atoms with Crippen LogP contribution in [0.1, 0.15) is 6.92 Å². The van der Waals surface area contributed by atoms with Gasteiger partial charge in [-0.2, -0.15) is 0 Å². The molecular weight excluding hydrogens is 248 g/mol. The quantitative estimate of drug-likeness (QED) is 0.793. The number of rotatable bonds is 4. The van der Waals surface area contributed by atoms with Gasteiger partial charge in [0.05, 0.1) is 7.11 Å². The maximum Gasteiger partial charge on any atom is 0.136 e. The first kappa shape index (κ1) is 13.0. The van der Waals surface area contributed by atoms with Crippen LogP contribution in [0, 0.1) is 0 Å². The molecule has 0 radical (unpaired) electrons. The van der Waals surface area contributed by atoms with Gasteiger partial charge in [0.1, 0.15) is 11.6 Å². The lowest BCUT2D eigenvalue weighted by molar-refractivity contribution is 0.415. The van der Waals surface area contributed by atoms with Crippen molar-refractivity contribution in [3.8, 4) is 5.75 Å². The Hall–Kier alpha value is -1.48. The molecule has 0 aliphatic heterocycles. The molecule has 2 rings (SSSR count). The zero-order valence-electron chi connectivity index (χ0n) is 10.9. The third kappa shape index (κ3) is 2.36. The van der Waals surface area contributed by atoms with Crippen molar-refractivity contribution in [3.63, 3.8) is 0 Å². The molecule has 0 fully saturated rings. The first-order chi connectivity index (χ1) is 8.67. The van der Waals surface area contributed by atoms with Gasteiger partial charge in [-0.1, -0.05) is 0 Å². The molecule has 0 N–H and O–H groups in total. The maximum absolute atomic E-state index is 5.91. The molecule has 1 unspecified atom stereocenters. The number of halogens is 1. The van der Waals surface area contributed by atoms with Crippen molar-refractivity contribution in [2.45, 2.75) is 13.0 Å². The number of hydrogen-bond acceptors (Lipinski definition) is 3. The molecule has 0 saturated heterocycles. The highest BCUT2D eigenvalue weighted by molar-refractivity contribution is 6.18. The van der Waals surface area contributed by atoms with Gasteiger partial charge in [-0.25, -0.2) is 4.98 Å². The summed E-state index contributed by atoms with van der Waals surface area (Å²) in [6, 6.07) is 8.23. The summed E-state index contributed by atoms with van der Waals surface area (Å²) in [5.41, 5.74) is 0. The van der Waals surface area contributed by atoms with Crippen LogP contribution in [0.5, 0.6) is 5.75 Å². The van der Waals surface area contributed by atoms with Gasteiger partial charge in [0.15, 0.2) is 0 Å². The fourth-order valence-corrected chi connectivity index (χ4v) is 2.07. The van der Waals surface area contributed by atoms with Gasteiger partial charge in [0.25, 0.3) is 0 Å². The molecule has 0 saturated carbocycles. The molecule has 1 atom stereocenters. The number of ether oxygens (including phenoxy) is 1. The van der Waals surface area contributed by atoms with Crippen molar-refractivity contribution >= 4 is 28.2 Å². The Bertz CT molecular complexity index is 544. The second-order valence-corrected chi connectivity index (χ2v) is 4.64. The lowest BCUT2D eigenvalue weighted by Gasteiger charge is -2.25. The first-order valence-electron chi connectivity index (χ1n) is 5.89. The van der Waals surface area contributed by atoms with Crippen LogP contribution in [0.2, 0.25) is 0 Å². The smallest absolute Gasteiger partial charge is 0.136 e. The monoisotopic (exact) mass is 264 g/mol. The Balaban J connectivity index is 2.51. The van der Waals surface area contributed by atoms with Crippen molar-refractivity contribution < 1.29 is 4.74 Å². The van der Waals surface area contributed by atoms with Crippen molar-refractivity contribution in [3.05, 3.63) is 30.5 Å². The molecule has 2 aromatic rings. The summed E-state index contributed by atoms with van der Waals surface area (Å²) in [6.07, 6.45) is 1.81. The highest BCUT2D eigenvalue weighted by Crippen LogP contribution is 2.28. The molecular formula is C14H17ClN2O. The number of pyridine rings is 1. The predicted molar refractivity (Wildman–Crippen MR) is 76.9 cm³/mol. The summed E-state index contributed by atoms with van der Waals surface area (Å²) < 4.78 is 5.24. The van der Waals surface area contributed by atoms with E-state index in [-0.39, 0.29) is 6.04 Å². The molecule has 3 nitrogen and oxygen atoms in total.